The Balaban J connectivity index is 2.10. The lowest BCUT2D eigenvalue weighted by atomic mass is 10.1. The number of nitrogens with two attached hydrogens (primary N) is 1. The molecular weight excluding hydrogens is 268 g/mol. The summed E-state index contributed by atoms with van der Waals surface area (Å²) in [5.41, 5.74) is 6.88. The Hall–Kier alpha value is -1.03. The van der Waals surface area contributed by atoms with E-state index in [4.69, 9.17) is 5.73 Å². The van der Waals surface area contributed by atoms with Gasteiger partial charge in [-0.05, 0) is 59.8 Å². The standard InChI is InChI=1S/C12H15BrN2O/c1-7(8-2-3-8)15-12(16)10-6-9(14)4-5-11(10)13/h4-8H,2-3,14H2,1H3,(H,15,16). The fraction of sp³-hybridized carbons (Fsp3) is 0.417. The molecule has 0 heterocycles. The molecule has 1 atom stereocenters. The van der Waals surface area contributed by atoms with Crippen molar-refractivity contribution in [1.82, 2.24) is 5.32 Å². The molecular formula is C12H15BrN2O. The first-order chi connectivity index (χ1) is 7.58. The molecule has 1 aromatic carbocycles. The van der Waals surface area contributed by atoms with Crippen LogP contribution in [0.4, 0.5) is 5.69 Å². The van der Waals surface area contributed by atoms with Gasteiger partial charge in [0.25, 0.3) is 5.91 Å². The van der Waals surface area contributed by atoms with Crippen molar-refractivity contribution in [2.45, 2.75) is 25.8 Å². The highest BCUT2D eigenvalue weighted by molar-refractivity contribution is 9.10. The minimum atomic E-state index is -0.0569. The molecule has 1 aliphatic rings. The highest BCUT2D eigenvalue weighted by Crippen LogP contribution is 2.32. The Labute approximate surface area is 104 Å². The predicted molar refractivity (Wildman–Crippen MR) is 68.2 cm³/mol. The second-order valence-corrected chi connectivity index (χ2v) is 5.19. The SMILES string of the molecule is CC(NC(=O)c1cc(N)ccc1Br)C1CC1. The van der Waals surface area contributed by atoms with Gasteiger partial charge < -0.3 is 11.1 Å². The van der Waals surface area contributed by atoms with Gasteiger partial charge in [0.1, 0.15) is 0 Å². The van der Waals surface area contributed by atoms with E-state index in [9.17, 15) is 4.79 Å². The molecule has 0 aromatic heterocycles. The molecule has 0 saturated heterocycles. The minimum absolute atomic E-state index is 0.0569. The van der Waals surface area contributed by atoms with Crippen LogP contribution in [0.25, 0.3) is 0 Å². The molecule has 16 heavy (non-hydrogen) atoms. The number of carbonyl (C=O) groups excluding carboxylic acids is 1. The third-order valence-electron chi connectivity index (χ3n) is 2.92. The van der Waals surface area contributed by atoms with Crippen LogP contribution >= 0.6 is 15.9 Å². The van der Waals surface area contributed by atoms with Crippen LogP contribution in [-0.4, -0.2) is 11.9 Å². The maximum Gasteiger partial charge on any atom is 0.252 e. The highest BCUT2D eigenvalue weighted by atomic mass is 79.9. The topological polar surface area (TPSA) is 55.1 Å². The van der Waals surface area contributed by atoms with Crippen LogP contribution in [0.3, 0.4) is 0 Å². The lowest BCUT2D eigenvalue weighted by Gasteiger charge is -2.13. The maximum atomic E-state index is 12.0. The average Bonchev–Trinajstić information content (AvgIpc) is 3.04. The molecule has 86 valence electrons. The number of anilines is 1. The van der Waals surface area contributed by atoms with Gasteiger partial charge >= 0.3 is 0 Å². The molecule has 1 unspecified atom stereocenters. The van der Waals surface area contributed by atoms with Crippen molar-refractivity contribution < 1.29 is 4.79 Å². The Morgan fingerprint density at radius 1 is 1.56 bits per heavy atom. The average molecular weight is 283 g/mol. The number of rotatable bonds is 3. The summed E-state index contributed by atoms with van der Waals surface area (Å²) >= 11 is 3.36. The van der Waals surface area contributed by atoms with E-state index >= 15 is 0 Å². The third-order valence-corrected chi connectivity index (χ3v) is 3.61. The first-order valence-corrected chi connectivity index (χ1v) is 6.23. The number of nitrogens with one attached hydrogen (secondary N) is 1. The zero-order valence-corrected chi connectivity index (χ0v) is 10.8. The molecule has 0 radical (unpaired) electrons. The highest BCUT2D eigenvalue weighted by Gasteiger charge is 2.29. The lowest BCUT2D eigenvalue weighted by molar-refractivity contribution is 0.0935. The van der Waals surface area contributed by atoms with Crippen molar-refractivity contribution in [1.29, 1.82) is 0 Å². The molecule has 3 nitrogen and oxygen atoms in total. The summed E-state index contributed by atoms with van der Waals surface area (Å²) in [6.07, 6.45) is 2.44. The Morgan fingerprint density at radius 3 is 2.88 bits per heavy atom. The lowest BCUT2D eigenvalue weighted by Crippen LogP contribution is -2.34. The van der Waals surface area contributed by atoms with E-state index < -0.39 is 0 Å². The number of hydrogen-bond acceptors (Lipinski definition) is 2. The van der Waals surface area contributed by atoms with Gasteiger partial charge in [-0.2, -0.15) is 0 Å². The predicted octanol–water partition coefficient (Wildman–Crippen LogP) is 2.56. The number of amides is 1. The zero-order valence-electron chi connectivity index (χ0n) is 9.16. The fourth-order valence-electron chi connectivity index (χ4n) is 1.72. The van der Waals surface area contributed by atoms with Crippen molar-refractivity contribution in [3.8, 4) is 0 Å². The van der Waals surface area contributed by atoms with Crippen LogP contribution in [0.2, 0.25) is 0 Å². The van der Waals surface area contributed by atoms with E-state index in [1.54, 1.807) is 18.2 Å². The summed E-state index contributed by atoms with van der Waals surface area (Å²) in [7, 11) is 0. The van der Waals surface area contributed by atoms with E-state index in [0.29, 0.717) is 17.2 Å². The summed E-state index contributed by atoms with van der Waals surface area (Å²) in [6, 6.07) is 5.51. The zero-order chi connectivity index (χ0) is 11.7. The van der Waals surface area contributed by atoms with Gasteiger partial charge in [0.05, 0.1) is 5.56 Å². The first kappa shape index (κ1) is 11.5. The largest absolute Gasteiger partial charge is 0.399 e. The number of hydrogen-bond donors (Lipinski definition) is 2. The normalized spacial score (nSPS) is 16.9. The van der Waals surface area contributed by atoms with Gasteiger partial charge in [0, 0.05) is 16.2 Å². The van der Waals surface area contributed by atoms with Crippen LogP contribution in [0.15, 0.2) is 22.7 Å². The van der Waals surface area contributed by atoms with Crippen LogP contribution in [0.5, 0.6) is 0 Å². The molecule has 0 spiro atoms. The number of halogens is 1. The number of benzene rings is 1. The van der Waals surface area contributed by atoms with Crippen molar-refractivity contribution >= 4 is 27.5 Å². The number of nitrogen functional groups attached to an aromatic ring is 1. The number of carbonyl (C=O) groups is 1. The molecule has 4 heteroatoms. The van der Waals surface area contributed by atoms with Crippen LogP contribution in [0.1, 0.15) is 30.1 Å². The summed E-state index contributed by atoms with van der Waals surface area (Å²) in [6.45, 7) is 2.05. The molecule has 1 aromatic rings. The van der Waals surface area contributed by atoms with Gasteiger partial charge in [-0.25, -0.2) is 0 Å². The van der Waals surface area contributed by atoms with Crippen molar-refractivity contribution in [2.24, 2.45) is 5.92 Å². The van der Waals surface area contributed by atoms with Crippen LogP contribution < -0.4 is 11.1 Å². The van der Waals surface area contributed by atoms with Crippen LogP contribution in [-0.2, 0) is 0 Å². The maximum absolute atomic E-state index is 12.0. The Morgan fingerprint density at radius 2 is 2.25 bits per heavy atom. The molecule has 2 rings (SSSR count). The van der Waals surface area contributed by atoms with Gasteiger partial charge in [-0.15, -0.1) is 0 Å². The van der Waals surface area contributed by atoms with Crippen LogP contribution in [0, 0.1) is 5.92 Å². The molecule has 0 bridgehead atoms. The molecule has 1 saturated carbocycles. The van der Waals surface area contributed by atoms with Crippen molar-refractivity contribution in [3.05, 3.63) is 28.2 Å². The van der Waals surface area contributed by atoms with E-state index in [2.05, 4.69) is 28.2 Å². The molecule has 1 amide bonds. The van der Waals surface area contributed by atoms with Gasteiger partial charge in [-0.1, -0.05) is 0 Å². The monoisotopic (exact) mass is 282 g/mol. The molecule has 0 aliphatic heterocycles. The summed E-state index contributed by atoms with van der Waals surface area (Å²) in [4.78, 5) is 12.0. The first-order valence-electron chi connectivity index (χ1n) is 5.44. The summed E-state index contributed by atoms with van der Waals surface area (Å²) in [5, 5.41) is 3.00. The second-order valence-electron chi connectivity index (χ2n) is 4.34. The summed E-state index contributed by atoms with van der Waals surface area (Å²) < 4.78 is 0.780. The van der Waals surface area contributed by atoms with Gasteiger partial charge in [0.2, 0.25) is 0 Å². The second kappa shape index (κ2) is 4.45. The van der Waals surface area contributed by atoms with E-state index in [1.165, 1.54) is 12.8 Å². The Kier molecular flexibility index (Phi) is 3.19. The quantitative estimate of drug-likeness (QED) is 0.838. The van der Waals surface area contributed by atoms with Gasteiger partial charge in [0.15, 0.2) is 0 Å². The minimum Gasteiger partial charge on any atom is -0.399 e. The Bertz CT molecular complexity index is 415. The van der Waals surface area contributed by atoms with E-state index in [-0.39, 0.29) is 11.9 Å². The molecule has 1 fully saturated rings. The third kappa shape index (κ3) is 2.55. The van der Waals surface area contributed by atoms with Crippen molar-refractivity contribution in [2.75, 3.05) is 5.73 Å². The smallest absolute Gasteiger partial charge is 0.252 e. The van der Waals surface area contributed by atoms with E-state index in [1.807, 2.05) is 0 Å². The van der Waals surface area contributed by atoms with Gasteiger partial charge in [-0.3, -0.25) is 4.79 Å². The molecule has 1 aliphatic carbocycles. The van der Waals surface area contributed by atoms with E-state index in [0.717, 1.165) is 4.47 Å². The fourth-order valence-corrected chi connectivity index (χ4v) is 2.14. The summed E-state index contributed by atoms with van der Waals surface area (Å²) in [5.74, 6) is 0.599. The molecule has 3 N–H and O–H groups in total. The van der Waals surface area contributed by atoms with Crippen molar-refractivity contribution in [3.63, 3.8) is 0 Å².